The van der Waals surface area contributed by atoms with Gasteiger partial charge >= 0.3 is 5.97 Å². The van der Waals surface area contributed by atoms with Crippen LogP contribution in [0.3, 0.4) is 0 Å². The van der Waals surface area contributed by atoms with Crippen molar-refractivity contribution >= 4 is 11.9 Å². The lowest BCUT2D eigenvalue weighted by atomic mass is 10.0. The summed E-state index contributed by atoms with van der Waals surface area (Å²) in [6, 6.07) is -0.643. The number of allylic oxidation sites excluding steroid dienone is 3. The van der Waals surface area contributed by atoms with Gasteiger partial charge in [0, 0.05) is 12.8 Å². The first-order chi connectivity index (χ1) is 32.5. The fourth-order valence-corrected chi connectivity index (χ4v) is 9.16. The minimum atomic E-state index is -0.858. The zero-order valence-electron chi connectivity index (χ0n) is 44.4. The number of carbonyl (C=O) groups is 2. The average Bonchev–Trinajstić information content (AvgIpc) is 3.32. The van der Waals surface area contributed by atoms with E-state index < -0.39 is 12.1 Å². The predicted octanol–water partition coefficient (Wildman–Crippen LogP) is 18.2. The number of carbonyl (C=O) groups excluding carboxylic acids is 2. The Morgan fingerprint density at radius 3 is 1.09 bits per heavy atom. The van der Waals surface area contributed by atoms with Gasteiger partial charge in [-0.15, -0.1) is 0 Å². The highest BCUT2D eigenvalue weighted by Crippen LogP contribution is 2.17. The Morgan fingerprint density at radius 2 is 0.712 bits per heavy atom. The van der Waals surface area contributed by atoms with E-state index in [1.54, 1.807) is 6.08 Å². The molecule has 2 atom stereocenters. The van der Waals surface area contributed by atoms with Crippen LogP contribution in [-0.2, 0) is 14.3 Å². The molecule has 0 aromatic rings. The molecule has 390 valence electrons. The van der Waals surface area contributed by atoms with Crippen molar-refractivity contribution in [3.8, 4) is 0 Å². The molecule has 0 fully saturated rings. The zero-order chi connectivity index (χ0) is 47.9. The van der Waals surface area contributed by atoms with Gasteiger partial charge in [-0.25, -0.2) is 0 Å². The van der Waals surface area contributed by atoms with E-state index in [2.05, 4.69) is 31.3 Å². The first kappa shape index (κ1) is 64.3. The van der Waals surface area contributed by atoms with Crippen LogP contribution in [-0.4, -0.2) is 47.4 Å². The Labute approximate surface area is 411 Å². The van der Waals surface area contributed by atoms with Crippen molar-refractivity contribution in [2.75, 3.05) is 13.2 Å². The lowest BCUT2D eigenvalue weighted by Crippen LogP contribution is -2.45. The largest absolute Gasteiger partial charge is 0.466 e. The Bertz CT molecular complexity index is 1030. The Kier molecular flexibility index (Phi) is 54.5. The van der Waals surface area contributed by atoms with Crippen LogP contribution in [0.1, 0.15) is 322 Å². The van der Waals surface area contributed by atoms with Gasteiger partial charge in [0.1, 0.15) is 0 Å². The number of hydrogen-bond donors (Lipinski definition) is 3. The van der Waals surface area contributed by atoms with Crippen molar-refractivity contribution in [3.63, 3.8) is 0 Å². The molecule has 0 aliphatic heterocycles. The second kappa shape index (κ2) is 55.9. The van der Waals surface area contributed by atoms with E-state index in [0.717, 1.165) is 57.8 Å². The van der Waals surface area contributed by atoms with Gasteiger partial charge in [-0.2, -0.15) is 0 Å². The van der Waals surface area contributed by atoms with Crippen LogP contribution in [0.4, 0.5) is 0 Å². The highest BCUT2D eigenvalue weighted by molar-refractivity contribution is 5.76. The fourth-order valence-electron chi connectivity index (χ4n) is 9.16. The molecule has 1 amide bonds. The summed E-state index contributed by atoms with van der Waals surface area (Å²) in [6.45, 7) is 4.86. The molecule has 6 nitrogen and oxygen atoms in total. The van der Waals surface area contributed by atoms with Crippen LogP contribution in [0.15, 0.2) is 24.3 Å². The van der Waals surface area contributed by atoms with Crippen LogP contribution in [0, 0.1) is 0 Å². The highest BCUT2D eigenvalue weighted by Gasteiger charge is 2.18. The Morgan fingerprint density at radius 1 is 0.409 bits per heavy atom. The van der Waals surface area contributed by atoms with E-state index in [1.807, 2.05) is 6.08 Å². The molecule has 2 unspecified atom stereocenters. The van der Waals surface area contributed by atoms with Crippen molar-refractivity contribution in [1.29, 1.82) is 0 Å². The molecule has 66 heavy (non-hydrogen) atoms. The normalized spacial score (nSPS) is 12.7. The van der Waals surface area contributed by atoms with E-state index in [1.165, 1.54) is 238 Å². The van der Waals surface area contributed by atoms with E-state index in [4.69, 9.17) is 4.74 Å². The van der Waals surface area contributed by atoms with Gasteiger partial charge in [0.05, 0.1) is 25.4 Å². The standard InChI is InChI=1S/C60H115NO5/c1-3-5-7-9-11-13-15-17-18-19-20-21-22-23-24-25-26-27-28-30-32-36-40-44-48-52-58(63)57(56-62)61-59(64)53-49-45-41-37-33-31-35-39-43-47-51-55-66-60(65)54-50-46-42-38-34-29-16-14-12-10-8-6-4-2/h14,16,48,52,57-58,62-63H,3-13,15,17-47,49-51,53-56H2,1-2H3,(H,61,64)/b16-14-,52-48+. The average molecular weight is 931 g/mol. The molecule has 0 saturated heterocycles. The molecular formula is C60H115NO5. The number of aliphatic hydroxyl groups is 2. The van der Waals surface area contributed by atoms with E-state index in [-0.39, 0.29) is 18.5 Å². The predicted molar refractivity (Wildman–Crippen MR) is 287 cm³/mol. The van der Waals surface area contributed by atoms with Gasteiger partial charge in [-0.3, -0.25) is 9.59 Å². The summed E-state index contributed by atoms with van der Waals surface area (Å²) in [5.74, 6) is -0.108. The number of unbranched alkanes of at least 4 members (excludes halogenated alkanes) is 42. The zero-order valence-corrected chi connectivity index (χ0v) is 44.4. The first-order valence-electron chi connectivity index (χ1n) is 29.6. The van der Waals surface area contributed by atoms with E-state index in [9.17, 15) is 19.8 Å². The summed E-state index contributed by atoms with van der Waals surface area (Å²) in [7, 11) is 0. The van der Waals surface area contributed by atoms with E-state index in [0.29, 0.717) is 19.4 Å². The van der Waals surface area contributed by atoms with Crippen molar-refractivity contribution in [3.05, 3.63) is 24.3 Å². The molecule has 0 aromatic carbocycles. The topological polar surface area (TPSA) is 95.9 Å². The molecule has 0 heterocycles. The number of nitrogens with one attached hydrogen (secondary N) is 1. The third-order valence-electron chi connectivity index (χ3n) is 13.7. The summed E-state index contributed by atoms with van der Waals surface area (Å²) in [6.07, 6.45) is 67.7. The minimum absolute atomic E-state index is 0.0239. The molecule has 0 bridgehead atoms. The lowest BCUT2D eigenvalue weighted by molar-refractivity contribution is -0.143. The van der Waals surface area contributed by atoms with Crippen molar-refractivity contribution in [2.45, 2.75) is 334 Å². The van der Waals surface area contributed by atoms with Gasteiger partial charge in [-0.05, 0) is 57.8 Å². The molecule has 0 aliphatic rings. The summed E-state index contributed by atoms with van der Waals surface area (Å²) in [4.78, 5) is 24.5. The summed E-state index contributed by atoms with van der Waals surface area (Å²) < 4.78 is 5.45. The second-order valence-corrected chi connectivity index (χ2v) is 20.3. The number of rotatable bonds is 55. The highest BCUT2D eigenvalue weighted by atomic mass is 16.5. The van der Waals surface area contributed by atoms with Crippen molar-refractivity contribution in [2.24, 2.45) is 0 Å². The monoisotopic (exact) mass is 930 g/mol. The molecule has 0 spiro atoms. The van der Waals surface area contributed by atoms with Gasteiger partial charge in [0.2, 0.25) is 5.91 Å². The number of ether oxygens (including phenoxy) is 1. The minimum Gasteiger partial charge on any atom is -0.466 e. The third kappa shape index (κ3) is 51.7. The number of hydrogen-bond acceptors (Lipinski definition) is 5. The maximum absolute atomic E-state index is 12.5. The summed E-state index contributed by atoms with van der Waals surface area (Å²) in [5, 5.41) is 23.2. The third-order valence-corrected chi connectivity index (χ3v) is 13.7. The van der Waals surface area contributed by atoms with Gasteiger partial charge in [0.15, 0.2) is 0 Å². The number of aliphatic hydroxyl groups excluding tert-OH is 2. The Balaban J connectivity index is 3.49. The molecule has 6 heteroatoms. The molecule has 0 saturated carbocycles. The first-order valence-corrected chi connectivity index (χ1v) is 29.6. The summed E-state index contributed by atoms with van der Waals surface area (Å²) >= 11 is 0. The SMILES string of the molecule is CCCCCC/C=C\CCCCCCCC(=O)OCCCCCCCCCCCCCC(=O)NC(CO)C(O)/C=C/CCCCCCCCCCCCCCCCCCCCCCCCC. The van der Waals surface area contributed by atoms with Crippen LogP contribution >= 0.6 is 0 Å². The maximum atomic E-state index is 12.5. The Hall–Kier alpha value is -1.66. The smallest absolute Gasteiger partial charge is 0.305 e. The summed E-state index contributed by atoms with van der Waals surface area (Å²) in [5.41, 5.74) is 0. The molecule has 0 aliphatic carbocycles. The number of esters is 1. The van der Waals surface area contributed by atoms with Crippen LogP contribution in [0.2, 0.25) is 0 Å². The van der Waals surface area contributed by atoms with Crippen LogP contribution in [0.25, 0.3) is 0 Å². The van der Waals surface area contributed by atoms with Crippen molar-refractivity contribution < 1.29 is 24.5 Å². The van der Waals surface area contributed by atoms with Crippen molar-refractivity contribution in [1.82, 2.24) is 5.32 Å². The fraction of sp³-hybridized carbons (Fsp3) is 0.900. The molecule has 0 radical (unpaired) electrons. The quantitative estimate of drug-likeness (QED) is 0.0321. The molecular weight excluding hydrogens is 815 g/mol. The maximum Gasteiger partial charge on any atom is 0.305 e. The number of amides is 1. The molecule has 0 aromatic heterocycles. The molecule has 0 rings (SSSR count). The molecule has 3 N–H and O–H groups in total. The van der Waals surface area contributed by atoms with Gasteiger partial charge in [-0.1, -0.05) is 276 Å². The van der Waals surface area contributed by atoms with E-state index >= 15 is 0 Å². The second-order valence-electron chi connectivity index (χ2n) is 20.3. The van der Waals surface area contributed by atoms with Crippen LogP contribution < -0.4 is 5.32 Å². The lowest BCUT2D eigenvalue weighted by Gasteiger charge is -2.20. The van der Waals surface area contributed by atoms with Crippen LogP contribution in [0.5, 0.6) is 0 Å². The van der Waals surface area contributed by atoms with Gasteiger partial charge in [0.25, 0.3) is 0 Å². The van der Waals surface area contributed by atoms with Gasteiger partial charge < -0.3 is 20.3 Å².